The highest BCUT2D eigenvalue weighted by Gasteiger charge is 2.05. The first-order valence-electron chi connectivity index (χ1n) is 7.64. The molecule has 6 heteroatoms. The molecular weight excluding hydrogens is 344 g/mol. The normalized spacial score (nSPS) is 10.1. The Labute approximate surface area is 153 Å². The number of aryl methyl sites for hydroxylation is 1. The fourth-order valence-electron chi connectivity index (χ4n) is 2.26. The van der Waals surface area contributed by atoms with Crippen molar-refractivity contribution in [2.45, 2.75) is 12.8 Å². The second-order valence-electron chi connectivity index (χ2n) is 5.15. The number of hydrogen-bond acceptors (Lipinski definition) is 3. The smallest absolute Gasteiger partial charge is 0.170 e. The lowest BCUT2D eigenvalue weighted by atomic mass is 10.1. The second-order valence-corrected chi connectivity index (χ2v) is 5.97. The standard InChI is InChI=1S/C18H21ClN2O2S/c1-22-16-10-9-13(12-17(16)23-2)6-5-11-20-18(24)21-15-8-4-3-7-14(15)19/h3-4,7-10,12H,5-6,11H2,1-2H3,(H2,20,21,24). The average Bonchev–Trinajstić information content (AvgIpc) is 2.60. The van der Waals surface area contributed by atoms with Gasteiger partial charge in [-0.05, 0) is 54.9 Å². The quantitative estimate of drug-likeness (QED) is 0.567. The summed E-state index contributed by atoms with van der Waals surface area (Å²) in [5.41, 5.74) is 2.00. The highest BCUT2D eigenvalue weighted by molar-refractivity contribution is 7.80. The number of halogens is 1. The largest absolute Gasteiger partial charge is 0.493 e. The van der Waals surface area contributed by atoms with E-state index in [0.717, 1.165) is 36.6 Å². The maximum Gasteiger partial charge on any atom is 0.170 e. The number of rotatable bonds is 7. The molecule has 2 aromatic rings. The van der Waals surface area contributed by atoms with Crippen molar-refractivity contribution >= 4 is 34.6 Å². The van der Waals surface area contributed by atoms with Gasteiger partial charge >= 0.3 is 0 Å². The maximum atomic E-state index is 6.09. The molecule has 0 atom stereocenters. The molecule has 0 radical (unpaired) electrons. The van der Waals surface area contributed by atoms with Crippen LogP contribution in [0.2, 0.25) is 5.02 Å². The monoisotopic (exact) mass is 364 g/mol. The molecule has 128 valence electrons. The first-order chi connectivity index (χ1) is 11.6. The van der Waals surface area contributed by atoms with Gasteiger partial charge in [0.1, 0.15) is 0 Å². The molecule has 2 aromatic carbocycles. The molecular formula is C18H21ClN2O2S. The van der Waals surface area contributed by atoms with Gasteiger partial charge in [-0.3, -0.25) is 0 Å². The van der Waals surface area contributed by atoms with Crippen molar-refractivity contribution in [3.63, 3.8) is 0 Å². The maximum absolute atomic E-state index is 6.09. The summed E-state index contributed by atoms with van der Waals surface area (Å²) in [6.07, 6.45) is 1.86. The first kappa shape index (κ1) is 18.4. The molecule has 0 aliphatic heterocycles. The van der Waals surface area contributed by atoms with E-state index in [9.17, 15) is 0 Å². The van der Waals surface area contributed by atoms with Crippen molar-refractivity contribution in [2.75, 3.05) is 26.1 Å². The molecule has 4 nitrogen and oxygen atoms in total. The van der Waals surface area contributed by atoms with Gasteiger partial charge in [-0.2, -0.15) is 0 Å². The first-order valence-corrected chi connectivity index (χ1v) is 8.43. The molecule has 0 aliphatic rings. The predicted molar refractivity (Wildman–Crippen MR) is 104 cm³/mol. The van der Waals surface area contributed by atoms with Crippen LogP contribution < -0.4 is 20.1 Å². The summed E-state index contributed by atoms with van der Waals surface area (Å²) in [5, 5.41) is 7.49. The Morgan fingerprint density at radius 1 is 1.08 bits per heavy atom. The molecule has 0 saturated carbocycles. The molecule has 2 N–H and O–H groups in total. The zero-order valence-electron chi connectivity index (χ0n) is 13.8. The van der Waals surface area contributed by atoms with Gasteiger partial charge in [0.05, 0.1) is 24.9 Å². The van der Waals surface area contributed by atoms with Crippen molar-refractivity contribution in [1.82, 2.24) is 5.32 Å². The lowest BCUT2D eigenvalue weighted by Gasteiger charge is -2.12. The van der Waals surface area contributed by atoms with E-state index in [-0.39, 0.29) is 0 Å². The van der Waals surface area contributed by atoms with Gasteiger partial charge in [-0.1, -0.05) is 29.8 Å². The van der Waals surface area contributed by atoms with E-state index in [4.69, 9.17) is 33.3 Å². The van der Waals surface area contributed by atoms with E-state index in [1.807, 2.05) is 42.5 Å². The number of ether oxygens (including phenoxy) is 2. The zero-order valence-corrected chi connectivity index (χ0v) is 15.3. The Kier molecular flexibility index (Phi) is 7.15. The number of benzene rings is 2. The van der Waals surface area contributed by atoms with E-state index < -0.39 is 0 Å². The van der Waals surface area contributed by atoms with Crippen LogP contribution in [0.15, 0.2) is 42.5 Å². The predicted octanol–water partition coefficient (Wildman–Crippen LogP) is 4.28. The number of thiocarbonyl (C=S) groups is 1. The van der Waals surface area contributed by atoms with Crippen molar-refractivity contribution in [1.29, 1.82) is 0 Å². The third-order valence-electron chi connectivity index (χ3n) is 3.50. The Bertz CT molecular complexity index is 694. The van der Waals surface area contributed by atoms with Crippen molar-refractivity contribution in [3.8, 4) is 11.5 Å². The Morgan fingerprint density at radius 2 is 1.83 bits per heavy atom. The van der Waals surface area contributed by atoms with Crippen LogP contribution in [0.5, 0.6) is 11.5 Å². The molecule has 0 unspecified atom stereocenters. The Hall–Kier alpha value is -1.98. The van der Waals surface area contributed by atoms with Crippen LogP contribution in [0.25, 0.3) is 0 Å². The van der Waals surface area contributed by atoms with Crippen LogP contribution in [-0.4, -0.2) is 25.9 Å². The van der Waals surface area contributed by atoms with Gasteiger partial charge in [-0.25, -0.2) is 0 Å². The fraction of sp³-hybridized carbons (Fsp3) is 0.278. The summed E-state index contributed by atoms with van der Waals surface area (Å²) < 4.78 is 10.6. The van der Waals surface area contributed by atoms with E-state index in [2.05, 4.69) is 10.6 Å². The molecule has 0 fully saturated rings. The minimum atomic E-state index is 0.565. The highest BCUT2D eigenvalue weighted by Crippen LogP contribution is 2.27. The third-order valence-corrected chi connectivity index (χ3v) is 4.07. The van der Waals surface area contributed by atoms with Crippen LogP contribution >= 0.6 is 23.8 Å². The second kappa shape index (κ2) is 9.35. The van der Waals surface area contributed by atoms with Gasteiger partial charge in [0, 0.05) is 6.54 Å². The number of methoxy groups -OCH3 is 2. The van der Waals surface area contributed by atoms with Gasteiger partial charge in [0.15, 0.2) is 16.6 Å². The van der Waals surface area contributed by atoms with Crippen molar-refractivity contribution in [2.24, 2.45) is 0 Å². The van der Waals surface area contributed by atoms with Crippen LogP contribution in [0.4, 0.5) is 5.69 Å². The van der Waals surface area contributed by atoms with Crippen LogP contribution in [0.3, 0.4) is 0 Å². The lowest BCUT2D eigenvalue weighted by molar-refractivity contribution is 0.354. The van der Waals surface area contributed by atoms with E-state index in [0.29, 0.717) is 10.1 Å². The minimum Gasteiger partial charge on any atom is -0.493 e. The molecule has 0 amide bonds. The summed E-state index contributed by atoms with van der Waals surface area (Å²) in [6, 6.07) is 13.5. The van der Waals surface area contributed by atoms with Gasteiger partial charge < -0.3 is 20.1 Å². The lowest BCUT2D eigenvalue weighted by Crippen LogP contribution is -2.29. The molecule has 0 spiro atoms. The van der Waals surface area contributed by atoms with E-state index in [1.54, 1.807) is 14.2 Å². The molecule has 0 saturated heterocycles. The summed E-state index contributed by atoms with van der Waals surface area (Å²) in [6.45, 7) is 0.768. The Morgan fingerprint density at radius 3 is 2.54 bits per heavy atom. The average molecular weight is 365 g/mol. The SMILES string of the molecule is COc1ccc(CCCNC(=S)Nc2ccccc2Cl)cc1OC. The van der Waals surface area contributed by atoms with Gasteiger partial charge in [-0.15, -0.1) is 0 Å². The molecule has 24 heavy (non-hydrogen) atoms. The summed E-state index contributed by atoms with van der Waals surface area (Å²) in [4.78, 5) is 0. The molecule has 0 bridgehead atoms. The van der Waals surface area contributed by atoms with E-state index >= 15 is 0 Å². The third kappa shape index (κ3) is 5.28. The molecule has 0 aromatic heterocycles. The summed E-state index contributed by atoms with van der Waals surface area (Å²) >= 11 is 11.4. The fourth-order valence-corrected chi connectivity index (χ4v) is 2.65. The van der Waals surface area contributed by atoms with Crippen LogP contribution in [0.1, 0.15) is 12.0 Å². The number of nitrogens with one attached hydrogen (secondary N) is 2. The van der Waals surface area contributed by atoms with E-state index in [1.165, 1.54) is 5.56 Å². The number of hydrogen-bond donors (Lipinski definition) is 2. The van der Waals surface area contributed by atoms with Gasteiger partial charge in [0.25, 0.3) is 0 Å². The van der Waals surface area contributed by atoms with Crippen molar-refractivity contribution in [3.05, 3.63) is 53.1 Å². The molecule has 0 heterocycles. The van der Waals surface area contributed by atoms with Crippen LogP contribution in [0, 0.1) is 0 Å². The van der Waals surface area contributed by atoms with Gasteiger partial charge in [0.2, 0.25) is 0 Å². The molecule has 2 rings (SSSR count). The minimum absolute atomic E-state index is 0.565. The van der Waals surface area contributed by atoms with Crippen LogP contribution in [-0.2, 0) is 6.42 Å². The Balaban J connectivity index is 1.76. The van der Waals surface area contributed by atoms with Crippen molar-refractivity contribution < 1.29 is 9.47 Å². The topological polar surface area (TPSA) is 42.5 Å². The number of anilines is 1. The number of para-hydroxylation sites is 1. The molecule has 0 aliphatic carbocycles. The summed E-state index contributed by atoms with van der Waals surface area (Å²) in [5.74, 6) is 1.49. The zero-order chi connectivity index (χ0) is 17.4. The summed E-state index contributed by atoms with van der Waals surface area (Å²) in [7, 11) is 3.27. The highest BCUT2D eigenvalue weighted by atomic mass is 35.5.